The average Bonchev–Trinajstić information content (AvgIpc) is 2.86. The SMILES string of the molecule is O=C(O)[C@]1(CCc2ccccc2)Cc2ccccc2O1. The van der Waals surface area contributed by atoms with Crippen molar-refractivity contribution in [1.82, 2.24) is 0 Å². The fourth-order valence-corrected chi connectivity index (χ4v) is 2.66. The summed E-state index contributed by atoms with van der Waals surface area (Å²) in [6.45, 7) is 0. The molecule has 20 heavy (non-hydrogen) atoms. The highest BCUT2D eigenvalue weighted by Gasteiger charge is 2.45. The van der Waals surface area contributed by atoms with Crippen molar-refractivity contribution in [2.24, 2.45) is 0 Å². The van der Waals surface area contributed by atoms with Crippen LogP contribution in [0.15, 0.2) is 54.6 Å². The van der Waals surface area contributed by atoms with E-state index in [2.05, 4.69) is 0 Å². The molecule has 1 N–H and O–H groups in total. The molecule has 0 amide bonds. The van der Waals surface area contributed by atoms with Gasteiger partial charge in [0, 0.05) is 12.8 Å². The first-order chi connectivity index (χ1) is 9.70. The van der Waals surface area contributed by atoms with Crippen molar-refractivity contribution in [1.29, 1.82) is 0 Å². The molecule has 2 aromatic carbocycles. The Morgan fingerprint density at radius 1 is 1.10 bits per heavy atom. The van der Waals surface area contributed by atoms with Crippen molar-refractivity contribution in [2.75, 3.05) is 0 Å². The summed E-state index contributed by atoms with van der Waals surface area (Å²) in [4.78, 5) is 11.7. The Hall–Kier alpha value is -2.29. The lowest BCUT2D eigenvalue weighted by Gasteiger charge is -2.24. The summed E-state index contributed by atoms with van der Waals surface area (Å²) in [5.74, 6) is -0.187. The second-order valence-corrected chi connectivity index (χ2v) is 5.17. The number of para-hydroxylation sites is 1. The van der Waals surface area contributed by atoms with E-state index in [0.717, 1.165) is 11.1 Å². The standard InChI is InChI=1S/C17H16O3/c18-16(19)17(11-10-13-6-2-1-3-7-13)12-14-8-4-5-9-15(14)20-17/h1-9H,10-12H2,(H,18,19)/t17-/m0/s1. The molecule has 0 unspecified atom stereocenters. The number of ether oxygens (including phenoxy) is 1. The Morgan fingerprint density at radius 2 is 1.80 bits per heavy atom. The lowest BCUT2D eigenvalue weighted by atomic mass is 9.90. The van der Waals surface area contributed by atoms with Crippen molar-refractivity contribution in [3.8, 4) is 5.75 Å². The van der Waals surface area contributed by atoms with Gasteiger partial charge in [0.25, 0.3) is 0 Å². The third kappa shape index (κ3) is 2.27. The molecule has 0 bridgehead atoms. The summed E-state index contributed by atoms with van der Waals surface area (Å²) in [7, 11) is 0. The van der Waals surface area contributed by atoms with Gasteiger partial charge in [0.2, 0.25) is 5.60 Å². The van der Waals surface area contributed by atoms with E-state index in [1.807, 2.05) is 54.6 Å². The number of fused-ring (bicyclic) bond motifs is 1. The zero-order valence-electron chi connectivity index (χ0n) is 11.1. The highest BCUT2D eigenvalue weighted by Crippen LogP contribution is 2.37. The van der Waals surface area contributed by atoms with Gasteiger partial charge >= 0.3 is 5.97 Å². The summed E-state index contributed by atoms with van der Waals surface area (Å²) < 4.78 is 5.78. The third-order valence-electron chi connectivity index (χ3n) is 3.80. The molecule has 0 aromatic heterocycles. The molecule has 1 heterocycles. The van der Waals surface area contributed by atoms with Crippen LogP contribution in [-0.2, 0) is 17.6 Å². The maximum Gasteiger partial charge on any atom is 0.348 e. The van der Waals surface area contributed by atoms with Gasteiger partial charge in [-0.05, 0) is 23.6 Å². The van der Waals surface area contributed by atoms with E-state index in [9.17, 15) is 9.90 Å². The van der Waals surface area contributed by atoms with Gasteiger partial charge in [-0.25, -0.2) is 4.79 Å². The van der Waals surface area contributed by atoms with Crippen LogP contribution in [0.4, 0.5) is 0 Å². The van der Waals surface area contributed by atoms with E-state index < -0.39 is 11.6 Å². The van der Waals surface area contributed by atoms with Gasteiger partial charge < -0.3 is 9.84 Å². The van der Waals surface area contributed by atoms with Gasteiger partial charge in [-0.2, -0.15) is 0 Å². The topological polar surface area (TPSA) is 46.5 Å². The Bertz CT molecular complexity index is 594. The van der Waals surface area contributed by atoms with E-state index in [-0.39, 0.29) is 0 Å². The molecule has 0 aliphatic carbocycles. The van der Waals surface area contributed by atoms with Crippen LogP contribution in [0.1, 0.15) is 17.5 Å². The number of aliphatic carboxylic acids is 1. The summed E-state index contributed by atoms with van der Waals surface area (Å²) in [6, 6.07) is 17.5. The van der Waals surface area contributed by atoms with Crippen LogP contribution in [0.5, 0.6) is 5.75 Å². The number of aryl methyl sites for hydroxylation is 1. The predicted molar refractivity (Wildman–Crippen MR) is 75.9 cm³/mol. The molecule has 3 nitrogen and oxygen atoms in total. The van der Waals surface area contributed by atoms with E-state index in [4.69, 9.17) is 4.74 Å². The fourth-order valence-electron chi connectivity index (χ4n) is 2.66. The third-order valence-corrected chi connectivity index (χ3v) is 3.80. The molecule has 1 aliphatic rings. The Labute approximate surface area is 117 Å². The number of hydrogen-bond donors (Lipinski definition) is 1. The molecule has 3 heteroatoms. The van der Waals surface area contributed by atoms with Crippen molar-refractivity contribution in [3.63, 3.8) is 0 Å². The second kappa shape index (κ2) is 5.00. The lowest BCUT2D eigenvalue weighted by molar-refractivity contribution is -0.154. The van der Waals surface area contributed by atoms with Gasteiger partial charge in [0.15, 0.2) is 0 Å². The van der Waals surface area contributed by atoms with Gasteiger partial charge in [-0.3, -0.25) is 0 Å². The molecule has 0 saturated carbocycles. The van der Waals surface area contributed by atoms with Crippen molar-refractivity contribution < 1.29 is 14.6 Å². The van der Waals surface area contributed by atoms with Gasteiger partial charge in [-0.1, -0.05) is 48.5 Å². The molecule has 2 aromatic rings. The summed E-state index contributed by atoms with van der Waals surface area (Å²) in [5, 5.41) is 9.59. The largest absolute Gasteiger partial charge is 0.478 e. The molecule has 0 spiro atoms. The van der Waals surface area contributed by atoms with Crippen LogP contribution in [0, 0.1) is 0 Å². The average molecular weight is 268 g/mol. The zero-order valence-corrected chi connectivity index (χ0v) is 11.1. The molecule has 1 atom stereocenters. The number of hydrogen-bond acceptors (Lipinski definition) is 2. The fraction of sp³-hybridized carbons (Fsp3) is 0.235. The molecular weight excluding hydrogens is 252 g/mol. The maximum absolute atomic E-state index is 11.7. The number of carboxylic acid groups (broad SMARTS) is 1. The molecule has 0 radical (unpaired) electrons. The zero-order chi connectivity index (χ0) is 14.0. The number of carbonyl (C=O) groups is 1. The van der Waals surface area contributed by atoms with Gasteiger partial charge in [-0.15, -0.1) is 0 Å². The quantitative estimate of drug-likeness (QED) is 0.927. The highest BCUT2D eigenvalue weighted by molar-refractivity contribution is 5.80. The van der Waals surface area contributed by atoms with Crippen LogP contribution in [-0.4, -0.2) is 16.7 Å². The Morgan fingerprint density at radius 3 is 2.50 bits per heavy atom. The van der Waals surface area contributed by atoms with Gasteiger partial charge in [0.05, 0.1) is 0 Å². The Balaban J connectivity index is 1.80. The minimum absolute atomic E-state index is 0.436. The Kier molecular flexibility index (Phi) is 3.18. The predicted octanol–water partition coefficient (Wildman–Crippen LogP) is 3.08. The molecule has 0 saturated heterocycles. The minimum atomic E-state index is -1.13. The van der Waals surface area contributed by atoms with Gasteiger partial charge in [0.1, 0.15) is 5.75 Å². The molecule has 3 rings (SSSR count). The number of benzene rings is 2. The number of carboxylic acids is 1. The van der Waals surface area contributed by atoms with Crippen LogP contribution in [0.2, 0.25) is 0 Å². The van der Waals surface area contributed by atoms with Crippen LogP contribution < -0.4 is 4.74 Å². The molecule has 102 valence electrons. The molecule has 0 fully saturated rings. The summed E-state index contributed by atoms with van der Waals surface area (Å²) in [5.41, 5.74) is 0.982. The second-order valence-electron chi connectivity index (χ2n) is 5.17. The molecular formula is C17H16O3. The van der Waals surface area contributed by atoms with Crippen LogP contribution in [0.3, 0.4) is 0 Å². The number of rotatable bonds is 4. The lowest BCUT2D eigenvalue weighted by Crippen LogP contribution is -2.43. The first kappa shape index (κ1) is 12.7. The monoisotopic (exact) mass is 268 g/mol. The minimum Gasteiger partial charge on any atom is -0.478 e. The van der Waals surface area contributed by atoms with Crippen molar-refractivity contribution in [2.45, 2.75) is 24.9 Å². The van der Waals surface area contributed by atoms with E-state index in [0.29, 0.717) is 25.0 Å². The summed E-state index contributed by atoms with van der Waals surface area (Å²) >= 11 is 0. The normalized spacial score (nSPS) is 20.2. The van der Waals surface area contributed by atoms with E-state index in [1.165, 1.54) is 0 Å². The molecule has 1 aliphatic heterocycles. The first-order valence-corrected chi connectivity index (χ1v) is 6.74. The van der Waals surface area contributed by atoms with E-state index in [1.54, 1.807) is 0 Å². The van der Waals surface area contributed by atoms with Crippen molar-refractivity contribution in [3.05, 3.63) is 65.7 Å². The maximum atomic E-state index is 11.7. The van der Waals surface area contributed by atoms with Crippen LogP contribution in [0.25, 0.3) is 0 Å². The van der Waals surface area contributed by atoms with Crippen LogP contribution >= 0.6 is 0 Å². The first-order valence-electron chi connectivity index (χ1n) is 6.74. The van der Waals surface area contributed by atoms with Crippen molar-refractivity contribution >= 4 is 5.97 Å². The summed E-state index contributed by atoms with van der Waals surface area (Å²) in [6.07, 6.45) is 1.60. The van der Waals surface area contributed by atoms with E-state index >= 15 is 0 Å². The highest BCUT2D eigenvalue weighted by atomic mass is 16.5. The smallest absolute Gasteiger partial charge is 0.348 e.